The minimum Gasteiger partial charge on any atom is -0.481 e. The van der Waals surface area contributed by atoms with E-state index in [1.54, 1.807) is 0 Å². The van der Waals surface area contributed by atoms with Crippen molar-refractivity contribution in [3.05, 3.63) is 0 Å². The summed E-state index contributed by atoms with van der Waals surface area (Å²) in [4.78, 5) is 23.1. The number of hydrogen-bond acceptors (Lipinski definition) is 5. The van der Waals surface area contributed by atoms with Gasteiger partial charge in [-0.1, -0.05) is 0 Å². The van der Waals surface area contributed by atoms with Crippen molar-refractivity contribution in [2.45, 2.75) is 25.8 Å². The molecular weight excluding hydrogens is 230 g/mol. The molecule has 9 heteroatoms. The number of nitrogens with two attached hydrogens (primary N) is 3. The fourth-order valence-corrected chi connectivity index (χ4v) is 0.782. The number of guanidine groups is 1. The summed E-state index contributed by atoms with van der Waals surface area (Å²) in [6.45, 7) is 1.49. The van der Waals surface area contributed by atoms with Crippen LogP contribution in [0.25, 0.3) is 0 Å². The average Bonchev–Trinajstić information content (AvgIpc) is 2.15. The molecule has 0 aliphatic carbocycles. The predicted molar refractivity (Wildman–Crippen MR) is 62.0 cm³/mol. The molecule has 0 heterocycles. The summed E-state index contributed by atoms with van der Waals surface area (Å²) in [7, 11) is 0. The van der Waals surface area contributed by atoms with E-state index in [1.165, 1.54) is 0 Å². The van der Waals surface area contributed by atoms with Crippen LogP contribution in [0.4, 0.5) is 0 Å². The van der Waals surface area contributed by atoms with Crippen LogP contribution in [0.3, 0.4) is 0 Å². The standard InChI is InChI=1S/C6H15N5O2.C2H4O2/c7-6(8)10-3-1-2-4(11-9)5(12)13;1-2(3)4/h4,11H,1-3,9H2,(H,12,13)(H4,7,8,10);1H3,(H,3,4)/t4-;/m0./s1. The van der Waals surface area contributed by atoms with Crippen molar-refractivity contribution in [3.8, 4) is 0 Å². The Balaban J connectivity index is 0. The van der Waals surface area contributed by atoms with Crippen LogP contribution in [0.15, 0.2) is 4.99 Å². The number of aliphatic carboxylic acids is 2. The number of aliphatic imine (C=N–C) groups is 1. The van der Waals surface area contributed by atoms with Crippen LogP contribution < -0.4 is 22.7 Å². The van der Waals surface area contributed by atoms with Gasteiger partial charge in [-0.2, -0.15) is 0 Å². The van der Waals surface area contributed by atoms with E-state index in [2.05, 4.69) is 10.4 Å². The third-order valence-electron chi connectivity index (χ3n) is 1.44. The zero-order chi connectivity index (χ0) is 13.8. The largest absolute Gasteiger partial charge is 0.481 e. The van der Waals surface area contributed by atoms with Crippen molar-refractivity contribution in [2.75, 3.05) is 6.54 Å². The first-order chi connectivity index (χ1) is 7.81. The Morgan fingerprint density at radius 2 is 1.82 bits per heavy atom. The number of hydrazine groups is 1. The van der Waals surface area contributed by atoms with E-state index in [-0.39, 0.29) is 5.96 Å². The maximum Gasteiger partial charge on any atom is 0.322 e. The summed E-state index contributed by atoms with van der Waals surface area (Å²) in [5, 5.41) is 16.0. The van der Waals surface area contributed by atoms with Crippen molar-refractivity contribution >= 4 is 17.9 Å². The van der Waals surface area contributed by atoms with E-state index in [1.807, 2.05) is 0 Å². The van der Waals surface area contributed by atoms with Crippen LogP contribution in [0, 0.1) is 0 Å². The topological polar surface area (TPSA) is 177 Å². The molecule has 1 atom stereocenters. The summed E-state index contributed by atoms with van der Waals surface area (Å²) >= 11 is 0. The first-order valence-corrected chi connectivity index (χ1v) is 4.75. The maximum absolute atomic E-state index is 10.4. The van der Waals surface area contributed by atoms with Crippen molar-refractivity contribution in [2.24, 2.45) is 22.3 Å². The van der Waals surface area contributed by atoms with E-state index < -0.39 is 18.0 Å². The number of rotatable bonds is 6. The van der Waals surface area contributed by atoms with Gasteiger partial charge in [-0.15, -0.1) is 0 Å². The second kappa shape index (κ2) is 10.6. The minimum absolute atomic E-state index is 0.00702. The molecule has 0 saturated carbocycles. The van der Waals surface area contributed by atoms with Gasteiger partial charge in [0, 0.05) is 13.5 Å². The Morgan fingerprint density at radius 1 is 1.35 bits per heavy atom. The highest BCUT2D eigenvalue weighted by molar-refractivity contribution is 5.75. The fraction of sp³-hybridized carbons (Fsp3) is 0.625. The second-order valence-electron chi connectivity index (χ2n) is 3.03. The Labute approximate surface area is 98.6 Å². The molecule has 0 unspecified atom stereocenters. The molecule has 0 aliphatic rings. The van der Waals surface area contributed by atoms with E-state index in [4.69, 9.17) is 32.3 Å². The molecular formula is C8H19N5O4. The minimum atomic E-state index is -0.979. The molecule has 0 amide bonds. The quantitative estimate of drug-likeness (QED) is 0.103. The molecule has 0 aliphatic heterocycles. The van der Waals surface area contributed by atoms with Gasteiger partial charge in [0.25, 0.3) is 5.97 Å². The number of nitrogens with zero attached hydrogens (tertiary/aromatic N) is 1. The molecule has 0 saturated heterocycles. The molecule has 100 valence electrons. The van der Waals surface area contributed by atoms with E-state index in [0.717, 1.165) is 6.92 Å². The molecule has 0 fully saturated rings. The summed E-state index contributed by atoms with van der Waals surface area (Å²) < 4.78 is 0. The van der Waals surface area contributed by atoms with E-state index >= 15 is 0 Å². The normalized spacial score (nSPS) is 10.7. The van der Waals surface area contributed by atoms with Gasteiger partial charge in [-0.05, 0) is 12.8 Å². The van der Waals surface area contributed by atoms with Crippen molar-refractivity contribution in [3.63, 3.8) is 0 Å². The van der Waals surface area contributed by atoms with Crippen LogP contribution >= 0.6 is 0 Å². The smallest absolute Gasteiger partial charge is 0.322 e. The van der Waals surface area contributed by atoms with Gasteiger partial charge in [0.15, 0.2) is 5.96 Å². The lowest BCUT2D eigenvalue weighted by Crippen LogP contribution is -2.41. The van der Waals surface area contributed by atoms with Gasteiger partial charge >= 0.3 is 5.97 Å². The second-order valence-corrected chi connectivity index (χ2v) is 3.03. The zero-order valence-electron chi connectivity index (χ0n) is 9.59. The van der Waals surface area contributed by atoms with Crippen molar-refractivity contribution in [1.29, 1.82) is 0 Å². The molecule has 17 heavy (non-hydrogen) atoms. The first-order valence-electron chi connectivity index (χ1n) is 4.75. The molecule has 0 bridgehead atoms. The third-order valence-corrected chi connectivity index (χ3v) is 1.44. The molecule has 9 N–H and O–H groups in total. The van der Waals surface area contributed by atoms with Crippen LogP contribution in [0.1, 0.15) is 19.8 Å². The van der Waals surface area contributed by atoms with Gasteiger partial charge in [-0.3, -0.25) is 20.4 Å². The highest BCUT2D eigenvalue weighted by Crippen LogP contribution is 1.96. The van der Waals surface area contributed by atoms with Crippen molar-refractivity contribution < 1.29 is 19.8 Å². The maximum atomic E-state index is 10.4. The van der Waals surface area contributed by atoms with Gasteiger partial charge in [0.05, 0.1) is 0 Å². The molecule has 0 aromatic heterocycles. The average molecular weight is 249 g/mol. The summed E-state index contributed by atoms with van der Waals surface area (Å²) in [6, 6.07) is -0.741. The SMILES string of the molecule is CC(=O)O.NN[C@@H](CCCN=C(N)N)C(=O)O. The highest BCUT2D eigenvalue weighted by atomic mass is 16.4. The molecule has 0 rings (SSSR count). The third kappa shape index (κ3) is 16.8. The number of carboxylic acid groups (broad SMARTS) is 2. The van der Waals surface area contributed by atoms with Crippen LogP contribution in [0.5, 0.6) is 0 Å². The first kappa shape index (κ1) is 17.5. The monoisotopic (exact) mass is 249 g/mol. The number of carboxylic acids is 2. The fourth-order valence-electron chi connectivity index (χ4n) is 0.782. The molecule has 0 radical (unpaired) electrons. The van der Waals surface area contributed by atoms with Crippen LogP contribution in [0.2, 0.25) is 0 Å². The van der Waals surface area contributed by atoms with Gasteiger partial charge in [0.2, 0.25) is 0 Å². The van der Waals surface area contributed by atoms with Gasteiger partial charge in [0.1, 0.15) is 6.04 Å². The van der Waals surface area contributed by atoms with Crippen LogP contribution in [-0.2, 0) is 9.59 Å². The lowest BCUT2D eigenvalue weighted by atomic mass is 10.2. The Hall–Kier alpha value is -1.87. The highest BCUT2D eigenvalue weighted by Gasteiger charge is 2.13. The number of nitrogens with one attached hydrogen (secondary N) is 1. The predicted octanol–water partition coefficient (Wildman–Crippen LogP) is -1.95. The van der Waals surface area contributed by atoms with Crippen molar-refractivity contribution in [1.82, 2.24) is 5.43 Å². The zero-order valence-corrected chi connectivity index (χ0v) is 9.59. The lowest BCUT2D eigenvalue weighted by Gasteiger charge is -2.08. The van der Waals surface area contributed by atoms with E-state index in [0.29, 0.717) is 19.4 Å². The lowest BCUT2D eigenvalue weighted by molar-refractivity contribution is -0.139. The summed E-state index contributed by atoms with van der Waals surface area (Å²) in [5.74, 6) is 3.19. The van der Waals surface area contributed by atoms with Gasteiger partial charge < -0.3 is 21.7 Å². The Bertz CT molecular complexity index is 261. The molecule has 0 spiro atoms. The molecule has 0 aromatic carbocycles. The van der Waals surface area contributed by atoms with Gasteiger partial charge in [-0.25, -0.2) is 5.43 Å². The number of hydrogen-bond donors (Lipinski definition) is 6. The van der Waals surface area contributed by atoms with E-state index in [9.17, 15) is 4.79 Å². The van der Waals surface area contributed by atoms with Crippen LogP contribution in [-0.4, -0.2) is 40.7 Å². The number of carbonyl (C=O) groups is 2. The Kier molecular flexibility index (Phi) is 11.0. The molecule has 9 nitrogen and oxygen atoms in total. The summed E-state index contributed by atoms with van der Waals surface area (Å²) in [6.07, 6.45) is 0.960. The Morgan fingerprint density at radius 3 is 2.12 bits per heavy atom. The molecule has 0 aromatic rings. The summed E-state index contributed by atoms with van der Waals surface area (Å²) in [5.41, 5.74) is 12.3.